The molecule has 0 saturated carbocycles. The molecule has 0 spiro atoms. The number of allylic oxidation sites excluding steroid dienone is 1. The smallest absolute Gasteiger partial charge is 0.176 e. The summed E-state index contributed by atoms with van der Waals surface area (Å²) in [5.41, 5.74) is 11.1. The maximum absolute atomic E-state index is 4.75. The number of imidazole rings is 1. The number of fused-ring (bicyclic) bond motifs is 3. The predicted octanol–water partition coefficient (Wildman–Crippen LogP) is 5.07. The summed E-state index contributed by atoms with van der Waals surface area (Å²) >= 11 is 0. The topological polar surface area (TPSA) is 55.1 Å². The molecule has 3 heterocycles. The molecule has 1 aromatic carbocycles. The maximum Gasteiger partial charge on any atom is 0.176 e. The Hall–Kier alpha value is -3.47. The summed E-state index contributed by atoms with van der Waals surface area (Å²) in [6, 6.07) is 13.5. The van der Waals surface area contributed by atoms with Gasteiger partial charge in [0.15, 0.2) is 5.65 Å². The number of nitrogens with one attached hydrogen (secondary N) is 1. The molecule has 5 nitrogen and oxygen atoms in total. The van der Waals surface area contributed by atoms with Crippen molar-refractivity contribution in [1.82, 2.24) is 19.6 Å². The molecule has 3 aromatic heterocycles. The molecule has 0 amide bonds. The van der Waals surface area contributed by atoms with Gasteiger partial charge in [0.05, 0.1) is 11.4 Å². The average molecular weight is 393 g/mol. The quantitative estimate of drug-likeness (QED) is 0.528. The summed E-state index contributed by atoms with van der Waals surface area (Å²) in [5, 5.41) is 8.55. The number of aromatic nitrogens is 4. The lowest BCUT2D eigenvalue weighted by Gasteiger charge is -2.26. The van der Waals surface area contributed by atoms with Gasteiger partial charge < -0.3 is 5.32 Å². The third kappa shape index (κ3) is 2.89. The second-order valence-electron chi connectivity index (χ2n) is 8.39. The van der Waals surface area contributed by atoms with Gasteiger partial charge in [-0.1, -0.05) is 29.8 Å². The Balaban J connectivity index is 1.34. The highest BCUT2D eigenvalue weighted by Gasteiger charge is 2.28. The monoisotopic (exact) mass is 393 g/mol. The molecule has 0 aliphatic heterocycles. The highest BCUT2D eigenvalue weighted by molar-refractivity contribution is 5.79. The van der Waals surface area contributed by atoms with Crippen molar-refractivity contribution < 1.29 is 0 Å². The lowest BCUT2D eigenvalue weighted by molar-refractivity contribution is 0.635. The van der Waals surface area contributed by atoms with E-state index in [2.05, 4.69) is 58.6 Å². The molecule has 1 unspecified atom stereocenters. The zero-order valence-corrected chi connectivity index (χ0v) is 17.0. The molecular formula is C25H23N5. The van der Waals surface area contributed by atoms with Crippen molar-refractivity contribution in [2.24, 2.45) is 0 Å². The fraction of sp³-hybridized carbons (Fsp3) is 0.240. The van der Waals surface area contributed by atoms with Crippen LogP contribution in [0.2, 0.25) is 0 Å². The number of benzene rings is 1. The van der Waals surface area contributed by atoms with Crippen molar-refractivity contribution in [3.63, 3.8) is 0 Å². The van der Waals surface area contributed by atoms with Crippen LogP contribution in [0.4, 0.5) is 5.69 Å². The number of hydrogen-bond donors (Lipinski definition) is 1. The molecule has 6 rings (SSSR count). The standard InChI is InChI=1S/C25H23N5/c1-16-10-19(15-26-14-16)23-13-24(25-27-8-9-30(25)29-23)28-20-7-6-18-11-17-4-2-3-5-21(17)22(18)12-20/h2-5,8-10,13-15,20,28H,6-7,11-12H2,1H3. The average Bonchev–Trinajstić information content (AvgIpc) is 3.38. The first-order valence-corrected chi connectivity index (χ1v) is 10.6. The SMILES string of the molecule is Cc1cncc(-c2cc(NC3CCC4=C(C3)c3ccccc3C4)c3nccn3n2)c1. The second-order valence-corrected chi connectivity index (χ2v) is 8.39. The third-order valence-corrected chi connectivity index (χ3v) is 6.31. The molecule has 5 heteroatoms. The van der Waals surface area contributed by atoms with E-state index in [4.69, 9.17) is 5.10 Å². The van der Waals surface area contributed by atoms with Crippen molar-refractivity contribution in [3.8, 4) is 11.3 Å². The molecule has 148 valence electrons. The van der Waals surface area contributed by atoms with Crippen molar-refractivity contribution >= 4 is 16.9 Å². The summed E-state index contributed by atoms with van der Waals surface area (Å²) < 4.78 is 1.86. The van der Waals surface area contributed by atoms with Gasteiger partial charge in [-0.3, -0.25) is 4.98 Å². The van der Waals surface area contributed by atoms with Crippen LogP contribution < -0.4 is 5.32 Å². The van der Waals surface area contributed by atoms with Gasteiger partial charge in [-0.05, 0) is 67.0 Å². The minimum absolute atomic E-state index is 0.390. The van der Waals surface area contributed by atoms with Crippen LogP contribution in [0.3, 0.4) is 0 Å². The Labute approximate surface area is 175 Å². The van der Waals surface area contributed by atoms with Crippen molar-refractivity contribution in [2.45, 2.75) is 38.6 Å². The molecule has 0 saturated heterocycles. The van der Waals surface area contributed by atoms with E-state index in [1.807, 2.05) is 23.1 Å². The molecule has 2 aliphatic rings. The van der Waals surface area contributed by atoms with Gasteiger partial charge in [0.25, 0.3) is 0 Å². The van der Waals surface area contributed by atoms with Crippen LogP contribution in [0, 0.1) is 6.92 Å². The van der Waals surface area contributed by atoms with Crippen molar-refractivity contribution in [2.75, 3.05) is 5.32 Å². The van der Waals surface area contributed by atoms with Gasteiger partial charge in [0.2, 0.25) is 0 Å². The zero-order chi connectivity index (χ0) is 20.1. The van der Waals surface area contributed by atoms with Gasteiger partial charge in [0, 0.05) is 36.4 Å². The van der Waals surface area contributed by atoms with E-state index in [-0.39, 0.29) is 0 Å². The first-order chi connectivity index (χ1) is 14.7. The number of hydrogen-bond acceptors (Lipinski definition) is 4. The van der Waals surface area contributed by atoms with Gasteiger partial charge in [-0.25, -0.2) is 9.50 Å². The van der Waals surface area contributed by atoms with E-state index >= 15 is 0 Å². The van der Waals surface area contributed by atoms with Gasteiger partial charge in [-0.15, -0.1) is 0 Å². The lowest BCUT2D eigenvalue weighted by atomic mass is 9.88. The Morgan fingerprint density at radius 2 is 2.07 bits per heavy atom. The second kappa shape index (κ2) is 6.80. The molecule has 0 radical (unpaired) electrons. The summed E-state index contributed by atoms with van der Waals surface area (Å²) in [7, 11) is 0. The summed E-state index contributed by atoms with van der Waals surface area (Å²) in [6.45, 7) is 2.05. The van der Waals surface area contributed by atoms with Crippen LogP contribution in [-0.2, 0) is 6.42 Å². The largest absolute Gasteiger partial charge is 0.379 e. The van der Waals surface area contributed by atoms with Crippen LogP contribution in [0.5, 0.6) is 0 Å². The molecule has 4 aromatic rings. The molecule has 0 bridgehead atoms. The van der Waals surface area contributed by atoms with Crippen molar-refractivity contribution in [3.05, 3.63) is 83.4 Å². The summed E-state index contributed by atoms with van der Waals surface area (Å²) in [4.78, 5) is 8.89. The minimum atomic E-state index is 0.390. The Kier molecular flexibility index (Phi) is 3.94. The Morgan fingerprint density at radius 1 is 1.13 bits per heavy atom. The van der Waals surface area contributed by atoms with Gasteiger partial charge in [-0.2, -0.15) is 5.10 Å². The minimum Gasteiger partial charge on any atom is -0.379 e. The number of pyridine rings is 1. The highest BCUT2D eigenvalue weighted by atomic mass is 15.3. The highest BCUT2D eigenvalue weighted by Crippen LogP contribution is 2.42. The molecule has 30 heavy (non-hydrogen) atoms. The van der Waals surface area contributed by atoms with E-state index < -0.39 is 0 Å². The number of rotatable bonds is 3. The zero-order valence-electron chi connectivity index (χ0n) is 17.0. The lowest BCUT2D eigenvalue weighted by Crippen LogP contribution is -2.23. The van der Waals surface area contributed by atoms with Crippen LogP contribution in [0.15, 0.2) is 66.8 Å². The number of nitrogens with zero attached hydrogens (tertiary/aromatic N) is 4. The van der Waals surface area contributed by atoms with Crippen molar-refractivity contribution in [1.29, 1.82) is 0 Å². The molecule has 1 atom stereocenters. The number of aryl methyl sites for hydroxylation is 1. The normalized spacial score (nSPS) is 17.8. The molecule has 1 N–H and O–H groups in total. The maximum atomic E-state index is 4.75. The molecule has 2 aliphatic carbocycles. The van der Waals surface area contributed by atoms with Crippen LogP contribution in [0.1, 0.15) is 36.0 Å². The van der Waals surface area contributed by atoms with E-state index in [0.29, 0.717) is 6.04 Å². The summed E-state index contributed by atoms with van der Waals surface area (Å²) in [6.07, 6.45) is 11.9. The first-order valence-electron chi connectivity index (χ1n) is 10.6. The molecular weight excluding hydrogens is 370 g/mol. The summed E-state index contributed by atoms with van der Waals surface area (Å²) in [5.74, 6) is 0. The van der Waals surface area contributed by atoms with Crippen LogP contribution >= 0.6 is 0 Å². The first kappa shape index (κ1) is 17.4. The van der Waals surface area contributed by atoms with E-state index in [0.717, 1.165) is 53.8 Å². The Bertz CT molecular complexity index is 1300. The fourth-order valence-electron chi connectivity index (χ4n) is 4.89. The van der Waals surface area contributed by atoms with Crippen LogP contribution in [-0.4, -0.2) is 25.6 Å². The van der Waals surface area contributed by atoms with E-state index in [9.17, 15) is 0 Å². The van der Waals surface area contributed by atoms with Gasteiger partial charge >= 0.3 is 0 Å². The number of anilines is 1. The van der Waals surface area contributed by atoms with Gasteiger partial charge in [0.1, 0.15) is 0 Å². The third-order valence-electron chi connectivity index (χ3n) is 6.31. The van der Waals surface area contributed by atoms with E-state index in [1.54, 1.807) is 17.3 Å². The van der Waals surface area contributed by atoms with Crippen LogP contribution in [0.25, 0.3) is 22.5 Å². The Morgan fingerprint density at radius 3 is 3.00 bits per heavy atom. The van der Waals surface area contributed by atoms with E-state index in [1.165, 1.54) is 11.1 Å². The fourth-order valence-corrected chi connectivity index (χ4v) is 4.89. The predicted molar refractivity (Wildman–Crippen MR) is 119 cm³/mol. The molecule has 0 fully saturated rings.